The third-order valence-corrected chi connectivity index (χ3v) is 8.09. The first-order chi connectivity index (χ1) is 20.1. The SMILES string of the molecule is Fc1cccc(COc2ccc(Nc3ncnc4cc(C#Cc5cccc(CN6CCCCC6)n5)sc34)cc2Cl)c1. The monoisotopic (exact) mass is 583 g/mol. The third kappa shape index (κ3) is 7.01. The van der Waals surface area contributed by atoms with Crippen molar-refractivity contribution in [2.24, 2.45) is 0 Å². The molecule has 3 aromatic heterocycles. The minimum atomic E-state index is -0.301. The lowest BCUT2D eigenvalue weighted by Crippen LogP contribution is -2.29. The van der Waals surface area contributed by atoms with Gasteiger partial charge in [0.1, 0.15) is 30.2 Å². The number of hydrogen-bond acceptors (Lipinski definition) is 7. The number of halogens is 2. The largest absolute Gasteiger partial charge is 0.487 e. The first-order valence-electron chi connectivity index (χ1n) is 13.5. The van der Waals surface area contributed by atoms with Crippen LogP contribution in [0.25, 0.3) is 10.2 Å². The Morgan fingerprint density at radius 2 is 1.85 bits per heavy atom. The van der Waals surface area contributed by atoms with Gasteiger partial charge in [0.15, 0.2) is 5.82 Å². The van der Waals surface area contributed by atoms with Crippen LogP contribution in [-0.4, -0.2) is 32.9 Å². The number of anilines is 2. The predicted octanol–water partition coefficient (Wildman–Crippen LogP) is 7.59. The van der Waals surface area contributed by atoms with Crippen LogP contribution < -0.4 is 10.1 Å². The minimum absolute atomic E-state index is 0.216. The second kappa shape index (κ2) is 12.6. The Kier molecular flexibility index (Phi) is 8.38. The van der Waals surface area contributed by atoms with Gasteiger partial charge in [-0.25, -0.2) is 19.3 Å². The van der Waals surface area contributed by atoms with Crippen molar-refractivity contribution in [1.82, 2.24) is 19.9 Å². The number of rotatable bonds is 7. The van der Waals surface area contributed by atoms with Crippen LogP contribution in [0.15, 0.2) is 73.1 Å². The number of ether oxygens (including phenoxy) is 1. The predicted molar refractivity (Wildman–Crippen MR) is 162 cm³/mol. The molecule has 1 aliphatic heterocycles. The van der Waals surface area contributed by atoms with Crippen molar-refractivity contribution in [3.05, 3.63) is 106 Å². The van der Waals surface area contributed by atoms with Crippen LogP contribution in [0.1, 0.15) is 41.1 Å². The fourth-order valence-corrected chi connectivity index (χ4v) is 5.88. The molecule has 0 unspecified atom stereocenters. The maximum absolute atomic E-state index is 13.4. The summed E-state index contributed by atoms with van der Waals surface area (Å²) in [5, 5.41) is 3.77. The lowest BCUT2D eigenvalue weighted by molar-refractivity contribution is 0.218. The van der Waals surface area contributed by atoms with Crippen LogP contribution in [0.2, 0.25) is 5.02 Å². The van der Waals surface area contributed by atoms with Gasteiger partial charge in [0, 0.05) is 12.2 Å². The molecule has 1 saturated heterocycles. The molecule has 0 radical (unpaired) electrons. The van der Waals surface area contributed by atoms with E-state index < -0.39 is 0 Å². The number of nitrogens with one attached hydrogen (secondary N) is 1. The Labute approximate surface area is 247 Å². The van der Waals surface area contributed by atoms with Gasteiger partial charge in [0.25, 0.3) is 0 Å². The lowest BCUT2D eigenvalue weighted by atomic mass is 10.1. The first-order valence-corrected chi connectivity index (χ1v) is 14.7. The molecule has 206 valence electrons. The van der Waals surface area contributed by atoms with E-state index in [1.807, 2.05) is 24.3 Å². The summed E-state index contributed by atoms with van der Waals surface area (Å²) in [6.45, 7) is 3.36. The molecule has 41 heavy (non-hydrogen) atoms. The standard InChI is InChI=1S/C32H27ClFN5OS/c33-28-17-25(11-13-30(28)40-20-22-6-4-7-23(34)16-22)38-32-31-29(35-21-36-32)18-27(41-31)12-10-24-8-5-9-26(37-24)19-39-14-2-1-3-15-39/h4-9,11,13,16-18,21H,1-3,14-15,19-20H2,(H,35,36,38). The van der Waals surface area contributed by atoms with E-state index in [2.05, 4.69) is 38.1 Å². The van der Waals surface area contributed by atoms with Gasteiger partial charge in [0.2, 0.25) is 0 Å². The highest BCUT2D eigenvalue weighted by Gasteiger charge is 2.12. The average Bonchev–Trinajstić information content (AvgIpc) is 3.41. The number of thiophene rings is 1. The van der Waals surface area contributed by atoms with Crippen molar-refractivity contribution in [1.29, 1.82) is 0 Å². The number of likely N-dealkylation sites (tertiary alicyclic amines) is 1. The van der Waals surface area contributed by atoms with E-state index in [1.54, 1.807) is 24.3 Å². The third-order valence-electron chi connectivity index (χ3n) is 6.74. The Bertz CT molecular complexity index is 1740. The highest BCUT2D eigenvalue weighted by Crippen LogP contribution is 2.33. The van der Waals surface area contributed by atoms with E-state index in [-0.39, 0.29) is 12.4 Å². The minimum Gasteiger partial charge on any atom is -0.487 e. The summed E-state index contributed by atoms with van der Waals surface area (Å²) in [5.41, 5.74) is 4.10. The zero-order valence-corrected chi connectivity index (χ0v) is 23.8. The summed E-state index contributed by atoms with van der Waals surface area (Å²) in [6, 6.07) is 19.7. The molecular weight excluding hydrogens is 557 g/mol. The van der Waals surface area contributed by atoms with E-state index >= 15 is 0 Å². The molecule has 4 heterocycles. The smallest absolute Gasteiger partial charge is 0.151 e. The number of benzene rings is 2. The molecule has 2 aromatic carbocycles. The van der Waals surface area contributed by atoms with Crippen molar-refractivity contribution in [2.75, 3.05) is 18.4 Å². The summed E-state index contributed by atoms with van der Waals surface area (Å²) in [7, 11) is 0. The second-order valence-corrected chi connectivity index (χ2v) is 11.3. The van der Waals surface area contributed by atoms with Crippen LogP contribution in [0.5, 0.6) is 5.75 Å². The van der Waals surface area contributed by atoms with Crippen molar-refractivity contribution in [2.45, 2.75) is 32.4 Å². The molecule has 5 aromatic rings. The van der Waals surface area contributed by atoms with Crippen molar-refractivity contribution < 1.29 is 9.13 Å². The van der Waals surface area contributed by atoms with Crippen LogP contribution in [0.3, 0.4) is 0 Å². The van der Waals surface area contributed by atoms with Gasteiger partial charge < -0.3 is 10.1 Å². The number of pyridine rings is 1. The van der Waals surface area contributed by atoms with Crippen LogP contribution in [0, 0.1) is 17.7 Å². The van der Waals surface area contributed by atoms with Gasteiger partial charge in [-0.05, 0) is 91.9 Å². The van der Waals surface area contributed by atoms with E-state index in [0.717, 1.165) is 57.4 Å². The summed E-state index contributed by atoms with van der Waals surface area (Å²) in [4.78, 5) is 17.0. The molecule has 1 N–H and O–H groups in total. The quantitative estimate of drug-likeness (QED) is 0.199. The first kappa shape index (κ1) is 27.2. The van der Waals surface area contributed by atoms with Gasteiger partial charge in [0.05, 0.1) is 25.8 Å². The van der Waals surface area contributed by atoms with Crippen molar-refractivity contribution in [3.63, 3.8) is 0 Å². The van der Waals surface area contributed by atoms with E-state index in [4.69, 9.17) is 21.3 Å². The highest BCUT2D eigenvalue weighted by atomic mass is 35.5. The molecule has 1 fully saturated rings. The van der Waals surface area contributed by atoms with Crippen LogP contribution in [-0.2, 0) is 13.2 Å². The zero-order chi connectivity index (χ0) is 28.0. The van der Waals surface area contributed by atoms with Gasteiger partial charge >= 0.3 is 0 Å². The average molecular weight is 584 g/mol. The number of aromatic nitrogens is 3. The number of piperidine rings is 1. The molecule has 6 nitrogen and oxygen atoms in total. The van der Waals surface area contributed by atoms with Gasteiger partial charge in [-0.3, -0.25) is 4.90 Å². The Balaban J connectivity index is 1.15. The molecule has 1 aliphatic rings. The van der Waals surface area contributed by atoms with Crippen molar-refractivity contribution in [3.8, 4) is 17.6 Å². The molecule has 6 rings (SSSR count). The van der Waals surface area contributed by atoms with Gasteiger partial charge in [-0.15, -0.1) is 11.3 Å². The van der Waals surface area contributed by atoms with E-state index in [9.17, 15) is 4.39 Å². The number of nitrogens with zero attached hydrogens (tertiary/aromatic N) is 4. The molecule has 9 heteroatoms. The highest BCUT2D eigenvalue weighted by molar-refractivity contribution is 7.20. The van der Waals surface area contributed by atoms with Crippen molar-refractivity contribution >= 4 is 44.7 Å². The normalized spacial score (nSPS) is 13.5. The molecule has 0 spiro atoms. The fraction of sp³-hybridized carbons (Fsp3) is 0.219. The van der Waals surface area contributed by atoms with Crippen LogP contribution in [0.4, 0.5) is 15.9 Å². The molecule has 0 bridgehead atoms. The number of fused-ring (bicyclic) bond motifs is 1. The van der Waals surface area contributed by atoms with Gasteiger partial charge in [-0.1, -0.05) is 36.2 Å². The van der Waals surface area contributed by atoms with E-state index in [0.29, 0.717) is 16.6 Å². The maximum atomic E-state index is 13.4. The summed E-state index contributed by atoms with van der Waals surface area (Å²) in [5.74, 6) is 7.35. The Hall–Kier alpha value is -4.03. The summed E-state index contributed by atoms with van der Waals surface area (Å²) >= 11 is 8.01. The molecule has 0 atom stereocenters. The van der Waals surface area contributed by atoms with Crippen LogP contribution >= 0.6 is 22.9 Å². The fourth-order valence-electron chi connectivity index (χ4n) is 4.73. The summed E-state index contributed by atoms with van der Waals surface area (Å²) in [6.07, 6.45) is 5.37. The molecule has 0 saturated carbocycles. The van der Waals surface area contributed by atoms with E-state index in [1.165, 1.54) is 49.1 Å². The Morgan fingerprint density at radius 1 is 0.976 bits per heavy atom. The second-order valence-electron chi connectivity index (χ2n) is 9.84. The topological polar surface area (TPSA) is 63.2 Å². The summed E-state index contributed by atoms with van der Waals surface area (Å²) < 4.78 is 20.1. The number of hydrogen-bond donors (Lipinski definition) is 1. The van der Waals surface area contributed by atoms with Gasteiger partial charge in [-0.2, -0.15) is 0 Å². The zero-order valence-electron chi connectivity index (χ0n) is 22.2. The maximum Gasteiger partial charge on any atom is 0.151 e. The Morgan fingerprint density at radius 3 is 2.71 bits per heavy atom. The molecular formula is C32H27ClFN5OS. The molecule has 0 amide bonds. The lowest BCUT2D eigenvalue weighted by Gasteiger charge is -2.25. The molecule has 0 aliphatic carbocycles.